The van der Waals surface area contributed by atoms with Gasteiger partial charge in [-0.05, 0) is 41.5 Å². The molecule has 0 aliphatic rings. The van der Waals surface area contributed by atoms with Gasteiger partial charge in [0.2, 0.25) is 5.91 Å². The van der Waals surface area contributed by atoms with Crippen LogP contribution in [0, 0.1) is 5.92 Å². The van der Waals surface area contributed by atoms with Crippen LogP contribution in [0.5, 0.6) is 0 Å². The summed E-state index contributed by atoms with van der Waals surface area (Å²) in [4.78, 5) is 11.9. The minimum Gasteiger partial charge on any atom is -0.399 e. The molecule has 0 radical (unpaired) electrons. The van der Waals surface area contributed by atoms with E-state index in [1.165, 1.54) is 0 Å². The molecule has 3 nitrogen and oxygen atoms in total. The van der Waals surface area contributed by atoms with Crippen LogP contribution >= 0.6 is 11.8 Å². The lowest BCUT2D eigenvalue weighted by Gasteiger charge is -2.14. The summed E-state index contributed by atoms with van der Waals surface area (Å²) in [5.74, 6) is 1.94. The van der Waals surface area contributed by atoms with Crippen LogP contribution in [0.4, 0.5) is 5.69 Å². The number of nitrogen functional groups attached to an aromatic ring is 1. The van der Waals surface area contributed by atoms with E-state index in [4.69, 9.17) is 5.73 Å². The van der Waals surface area contributed by atoms with Crippen LogP contribution in [0.15, 0.2) is 24.3 Å². The maximum absolute atomic E-state index is 11.9. The van der Waals surface area contributed by atoms with Crippen LogP contribution in [0.1, 0.15) is 31.7 Å². The van der Waals surface area contributed by atoms with Crippen molar-refractivity contribution >= 4 is 23.4 Å². The molecule has 0 aliphatic heterocycles. The van der Waals surface area contributed by atoms with E-state index in [2.05, 4.69) is 25.4 Å². The molecule has 2 unspecified atom stereocenters. The molecule has 4 heteroatoms. The molecule has 0 spiro atoms. The Kier molecular flexibility index (Phi) is 6.78. The Morgan fingerprint density at radius 1 is 1.32 bits per heavy atom. The van der Waals surface area contributed by atoms with Gasteiger partial charge >= 0.3 is 0 Å². The summed E-state index contributed by atoms with van der Waals surface area (Å²) in [5, 5.41) is 3.00. The molecule has 1 aromatic rings. The summed E-state index contributed by atoms with van der Waals surface area (Å²) < 4.78 is 0. The minimum absolute atomic E-state index is 0.122. The molecule has 0 saturated carbocycles. The molecule has 0 aliphatic carbocycles. The summed E-state index contributed by atoms with van der Waals surface area (Å²) >= 11 is 1.81. The second kappa shape index (κ2) is 8.10. The van der Waals surface area contributed by atoms with Gasteiger partial charge in [0, 0.05) is 18.7 Å². The van der Waals surface area contributed by atoms with E-state index in [0.29, 0.717) is 12.3 Å². The van der Waals surface area contributed by atoms with Crippen molar-refractivity contribution in [1.82, 2.24) is 5.32 Å². The molecule has 1 aromatic carbocycles. The first-order chi connectivity index (χ1) is 9.02. The molecule has 0 bridgehead atoms. The number of carbonyl (C=O) groups excluding carboxylic acids is 1. The van der Waals surface area contributed by atoms with Crippen LogP contribution in [-0.2, 0) is 4.79 Å². The molecule has 0 aromatic heterocycles. The highest BCUT2D eigenvalue weighted by molar-refractivity contribution is 7.98. The zero-order chi connectivity index (χ0) is 14.3. The Morgan fingerprint density at radius 2 is 1.95 bits per heavy atom. The first-order valence-electron chi connectivity index (χ1n) is 6.64. The molecular formula is C15H24N2OS. The largest absolute Gasteiger partial charge is 0.399 e. The third-order valence-electron chi connectivity index (χ3n) is 3.10. The van der Waals surface area contributed by atoms with E-state index in [1.807, 2.05) is 36.0 Å². The number of amides is 1. The van der Waals surface area contributed by atoms with Crippen LogP contribution in [0.25, 0.3) is 0 Å². The lowest BCUT2D eigenvalue weighted by Crippen LogP contribution is -2.29. The average Bonchev–Trinajstić information content (AvgIpc) is 2.37. The summed E-state index contributed by atoms with van der Waals surface area (Å²) in [6.07, 6.45) is 2.61. The van der Waals surface area contributed by atoms with Crippen molar-refractivity contribution in [3.63, 3.8) is 0 Å². The van der Waals surface area contributed by atoms with Crippen molar-refractivity contribution in [2.24, 2.45) is 5.92 Å². The van der Waals surface area contributed by atoms with E-state index < -0.39 is 0 Å². The zero-order valence-corrected chi connectivity index (χ0v) is 12.8. The Bertz CT molecular complexity index is 392. The van der Waals surface area contributed by atoms with Crippen LogP contribution in [0.3, 0.4) is 0 Å². The number of carbonyl (C=O) groups is 1. The predicted octanol–water partition coefficient (Wildman–Crippen LogP) is 2.88. The molecular weight excluding hydrogens is 256 g/mol. The smallest absolute Gasteiger partial charge is 0.220 e. The molecule has 3 N–H and O–H groups in total. The summed E-state index contributed by atoms with van der Waals surface area (Å²) in [7, 11) is 0. The normalized spacial score (nSPS) is 13.8. The third-order valence-corrected chi connectivity index (χ3v) is 4.00. The van der Waals surface area contributed by atoms with Gasteiger partial charge in [0.05, 0.1) is 0 Å². The van der Waals surface area contributed by atoms with Crippen molar-refractivity contribution in [1.29, 1.82) is 0 Å². The van der Waals surface area contributed by atoms with E-state index in [1.54, 1.807) is 0 Å². The van der Waals surface area contributed by atoms with E-state index in [-0.39, 0.29) is 11.8 Å². The topological polar surface area (TPSA) is 55.1 Å². The first kappa shape index (κ1) is 15.9. The van der Waals surface area contributed by atoms with Gasteiger partial charge in [-0.1, -0.05) is 26.0 Å². The second-order valence-corrected chi connectivity index (χ2v) is 6.05. The lowest BCUT2D eigenvalue weighted by atomic mass is 9.97. The number of nitrogens with one attached hydrogen (secondary N) is 1. The maximum atomic E-state index is 11.9. The molecule has 0 fully saturated rings. The number of anilines is 1. The number of thioether (sulfide) groups is 1. The Balaban J connectivity index is 2.37. The van der Waals surface area contributed by atoms with Crippen molar-refractivity contribution in [3.8, 4) is 0 Å². The monoisotopic (exact) mass is 280 g/mol. The molecule has 1 rings (SSSR count). The fourth-order valence-electron chi connectivity index (χ4n) is 1.92. The molecule has 106 valence electrons. The van der Waals surface area contributed by atoms with E-state index in [9.17, 15) is 4.79 Å². The van der Waals surface area contributed by atoms with Gasteiger partial charge in [0.15, 0.2) is 0 Å². The number of nitrogens with two attached hydrogens (primary N) is 1. The van der Waals surface area contributed by atoms with Gasteiger partial charge in [-0.3, -0.25) is 4.79 Å². The van der Waals surface area contributed by atoms with Crippen molar-refractivity contribution in [2.75, 3.05) is 24.3 Å². The predicted molar refractivity (Wildman–Crippen MR) is 84.4 cm³/mol. The van der Waals surface area contributed by atoms with Gasteiger partial charge in [-0.15, -0.1) is 0 Å². The number of hydrogen-bond donors (Lipinski definition) is 2. The maximum Gasteiger partial charge on any atom is 0.220 e. The molecule has 1 amide bonds. The van der Waals surface area contributed by atoms with Gasteiger partial charge in [-0.25, -0.2) is 0 Å². The van der Waals surface area contributed by atoms with E-state index in [0.717, 1.165) is 23.5 Å². The van der Waals surface area contributed by atoms with Gasteiger partial charge < -0.3 is 11.1 Å². The fourth-order valence-corrected chi connectivity index (χ4v) is 2.61. The summed E-state index contributed by atoms with van der Waals surface area (Å²) in [5.41, 5.74) is 7.57. The van der Waals surface area contributed by atoms with Crippen LogP contribution in [-0.4, -0.2) is 24.5 Å². The molecule has 2 atom stereocenters. The number of hydrogen-bond acceptors (Lipinski definition) is 3. The quantitative estimate of drug-likeness (QED) is 0.755. The Labute approximate surface area is 120 Å². The van der Waals surface area contributed by atoms with Crippen LogP contribution in [0.2, 0.25) is 0 Å². The van der Waals surface area contributed by atoms with Gasteiger partial charge in [-0.2, -0.15) is 11.8 Å². The van der Waals surface area contributed by atoms with Gasteiger partial charge in [0.1, 0.15) is 0 Å². The Morgan fingerprint density at radius 3 is 2.53 bits per heavy atom. The zero-order valence-electron chi connectivity index (χ0n) is 12.0. The van der Waals surface area contributed by atoms with Crippen LogP contribution < -0.4 is 11.1 Å². The molecule has 19 heavy (non-hydrogen) atoms. The van der Waals surface area contributed by atoms with Gasteiger partial charge in [0.25, 0.3) is 0 Å². The standard InChI is InChI=1S/C15H24N2OS/c1-11(10-19-3)9-17-15(18)8-12(2)13-4-6-14(16)7-5-13/h4-7,11-12H,8-10,16H2,1-3H3,(H,17,18). The minimum atomic E-state index is 0.122. The number of rotatable bonds is 7. The van der Waals surface area contributed by atoms with Crippen molar-refractivity contribution in [2.45, 2.75) is 26.2 Å². The summed E-state index contributed by atoms with van der Waals surface area (Å²) in [6, 6.07) is 7.74. The lowest BCUT2D eigenvalue weighted by molar-refractivity contribution is -0.121. The second-order valence-electron chi connectivity index (χ2n) is 5.14. The SMILES string of the molecule is CSCC(C)CNC(=O)CC(C)c1ccc(N)cc1. The summed E-state index contributed by atoms with van der Waals surface area (Å²) in [6.45, 7) is 4.98. The molecule has 0 saturated heterocycles. The fraction of sp³-hybridized carbons (Fsp3) is 0.533. The highest BCUT2D eigenvalue weighted by Crippen LogP contribution is 2.19. The highest BCUT2D eigenvalue weighted by atomic mass is 32.2. The third kappa shape index (κ3) is 6.01. The average molecular weight is 280 g/mol. The van der Waals surface area contributed by atoms with Crippen molar-refractivity contribution in [3.05, 3.63) is 29.8 Å². The Hall–Kier alpha value is -1.16. The molecule has 0 heterocycles. The van der Waals surface area contributed by atoms with Crippen molar-refractivity contribution < 1.29 is 4.79 Å². The number of benzene rings is 1. The van der Waals surface area contributed by atoms with E-state index >= 15 is 0 Å². The first-order valence-corrected chi connectivity index (χ1v) is 8.03. The highest BCUT2D eigenvalue weighted by Gasteiger charge is 2.11.